The first kappa shape index (κ1) is 14.7. The summed E-state index contributed by atoms with van der Waals surface area (Å²) in [6.07, 6.45) is 3.65. The first-order valence-electron chi connectivity index (χ1n) is 6.45. The van der Waals surface area contributed by atoms with Crippen LogP contribution in [0.15, 0.2) is 29.2 Å². The zero-order valence-corrected chi connectivity index (χ0v) is 12.3. The first-order valence-corrected chi connectivity index (χ1v) is 7.82. The predicted octanol–water partition coefficient (Wildman–Crippen LogP) is 2.85. The average Bonchev–Trinajstić information content (AvgIpc) is 2.83. The van der Waals surface area contributed by atoms with Crippen molar-refractivity contribution in [3.05, 3.63) is 29.3 Å². The van der Waals surface area contributed by atoms with Crippen LogP contribution >= 0.6 is 23.4 Å². The quantitative estimate of drug-likeness (QED) is 0.822. The van der Waals surface area contributed by atoms with E-state index >= 15 is 0 Å². The van der Waals surface area contributed by atoms with E-state index in [0.29, 0.717) is 17.3 Å². The van der Waals surface area contributed by atoms with Gasteiger partial charge in [0.2, 0.25) is 5.91 Å². The number of hydrogen-bond acceptors (Lipinski definition) is 3. The van der Waals surface area contributed by atoms with Crippen LogP contribution in [-0.4, -0.2) is 28.9 Å². The topological polar surface area (TPSA) is 49.3 Å². The minimum atomic E-state index is -0.690. The Labute approximate surface area is 122 Å². The molecule has 0 spiro atoms. The van der Waals surface area contributed by atoms with Crippen LogP contribution in [0.25, 0.3) is 0 Å². The second-order valence-electron chi connectivity index (χ2n) is 4.93. The van der Waals surface area contributed by atoms with E-state index in [4.69, 9.17) is 11.6 Å². The molecule has 1 aliphatic rings. The Morgan fingerprint density at radius 3 is 2.74 bits per heavy atom. The highest BCUT2D eigenvalue weighted by molar-refractivity contribution is 8.00. The fourth-order valence-corrected chi connectivity index (χ4v) is 3.30. The first-order chi connectivity index (χ1) is 9.09. The van der Waals surface area contributed by atoms with Crippen molar-refractivity contribution in [3.63, 3.8) is 0 Å². The molecular weight excluding hydrogens is 282 g/mol. The number of carbonyl (C=O) groups excluding carboxylic acids is 1. The Morgan fingerprint density at radius 2 is 2.05 bits per heavy atom. The summed E-state index contributed by atoms with van der Waals surface area (Å²) in [4.78, 5) is 12.6. The summed E-state index contributed by atoms with van der Waals surface area (Å²) < 4.78 is 0. The Balaban J connectivity index is 1.74. The molecule has 1 aromatic rings. The summed E-state index contributed by atoms with van der Waals surface area (Å²) in [6.45, 7) is 0.356. The third-order valence-electron chi connectivity index (χ3n) is 3.34. The Morgan fingerprint density at radius 1 is 1.37 bits per heavy atom. The molecule has 1 fully saturated rings. The number of hydrogen-bond donors (Lipinski definition) is 2. The van der Waals surface area contributed by atoms with Crippen LogP contribution in [0, 0.1) is 0 Å². The molecule has 0 unspecified atom stereocenters. The van der Waals surface area contributed by atoms with Gasteiger partial charge in [-0.15, -0.1) is 11.8 Å². The van der Waals surface area contributed by atoms with Gasteiger partial charge < -0.3 is 10.4 Å². The molecular formula is C14H18ClNO2S. The van der Waals surface area contributed by atoms with Crippen molar-refractivity contribution in [1.29, 1.82) is 0 Å². The van der Waals surface area contributed by atoms with Crippen molar-refractivity contribution in [1.82, 2.24) is 5.32 Å². The third kappa shape index (κ3) is 4.41. The van der Waals surface area contributed by atoms with Crippen LogP contribution < -0.4 is 5.32 Å². The Hall–Kier alpha value is -0.710. The summed E-state index contributed by atoms with van der Waals surface area (Å²) in [5.74, 6) is 0.255. The highest BCUT2D eigenvalue weighted by Crippen LogP contribution is 2.29. The number of amides is 1. The third-order valence-corrected chi connectivity index (χ3v) is 4.86. The number of halogens is 1. The minimum absolute atomic E-state index is 0.0646. The molecule has 2 rings (SSSR count). The van der Waals surface area contributed by atoms with Crippen LogP contribution in [0.3, 0.4) is 0 Å². The van der Waals surface area contributed by atoms with Gasteiger partial charge in [0.05, 0.1) is 16.4 Å². The summed E-state index contributed by atoms with van der Waals surface area (Å²) >= 11 is 7.43. The number of aliphatic hydroxyl groups is 1. The van der Waals surface area contributed by atoms with Crippen molar-refractivity contribution < 1.29 is 9.90 Å². The maximum Gasteiger partial charge on any atom is 0.230 e. The lowest BCUT2D eigenvalue weighted by atomic mass is 10.0. The van der Waals surface area contributed by atoms with E-state index in [2.05, 4.69) is 5.32 Å². The van der Waals surface area contributed by atoms with Gasteiger partial charge >= 0.3 is 0 Å². The summed E-state index contributed by atoms with van der Waals surface area (Å²) in [7, 11) is 0. The van der Waals surface area contributed by atoms with Gasteiger partial charge in [0.25, 0.3) is 0 Å². The molecule has 0 bridgehead atoms. The maximum absolute atomic E-state index is 11.7. The van der Waals surface area contributed by atoms with Gasteiger partial charge in [0, 0.05) is 11.4 Å². The van der Waals surface area contributed by atoms with Crippen molar-refractivity contribution >= 4 is 29.3 Å². The fraction of sp³-hybridized carbons (Fsp3) is 0.500. The van der Waals surface area contributed by atoms with Gasteiger partial charge in [-0.3, -0.25) is 4.79 Å². The van der Waals surface area contributed by atoms with Crippen LogP contribution in [0.5, 0.6) is 0 Å². The van der Waals surface area contributed by atoms with Crippen molar-refractivity contribution in [2.75, 3.05) is 12.3 Å². The number of carbonyl (C=O) groups is 1. The van der Waals surface area contributed by atoms with Crippen molar-refractivity contribution in [2.24, 2.45) is 0 Å². The Kier molecular flexibility index (Phi) is 5.13. The van der Waals surface area contributed by atoms with Gasteiger partial charge in [0.1, 0.15) is 0 Å². The molecule has 1 aromatic carbocycles. The predicted molar refractivity (Wildman–Crippen MR) is 78.6 cm³/mol. The largest absolute Gasteiger partial charge is 0.388 e. The molecule has 0 saturated heterocycles. The summed E-state index contributed by atoms with van der Waals surface area (Å²) in [6, 6.07) is 7.46. The molecule has 2 N–H and O–H groups in total. The minimum Gasteiger partial charge on any atom is -0.388 e. The lowest BCUT2D eigenvalue weighted by Gasteiger charge is -2.22. The van der Waals surface area contributed by atoms with E-state index in [0.717, 1.165) is 30.6 Å². The Bertz CT molecular complexity index is 447. The molecule has 0 heterocycles. The standard InChI is InChI=1S/C14H18ClNO2S/c15-11-5-1-2-6-12(11)19-9-13(17)16-10-14(18)7-3-4-8-14/h1-2,5-6,18H,3-4,7-10H2,(H,16,17). The fourth-order valence-electron chi connectivity index (χ4n) is 2.23. The molecule has 1 amide bonds. The van der Waals surface area contributed by atoms with Crippen LogP contribution in [0.1, 0.15) is 25.7 Å². The van der Waals surface area contributed by atoms with E-state index in [1.807, 2.05) is 24.3 Å². The highest BCUT2D eigenvalue weighted by atomic mass is 35.5. The molecule has 5 heteroatoms. The second kappa shape index (κ2) is 6.64. The van der Waals surface area contributed by atoms with Gasteiger partial charge in [-0.2, -0.15) is 0 Å². The number of thioether (sulfide) groups is 1. The molecule has 1 saturated carbocycles. The number of nitrogens with one attached hydrogen (secondary N) is 1. The molecule has 0 radical (unpaired) electrons. The smallest absolute Gasteiger partial charge is 0.230 e. The normalized spacial score (nSPS) is 17.4. The van der Waals surface area contributed by atoms with Crippen LogP contribution in [-0.2, 0) is 4.79 Å². The molecule has 1 aliphatic carbocycles. The molecule has 19 heavy (non-hydrogen) atoms. The van der Waals surface area contributed by atoms with Gasteiger partial charge in [-0.1, -0.05) is 36.6 Å². The van der Waals surface area contributed by atoms with E-state index in [-0.39, 0.29) is 5.91 Å². The SMILES string of the molecule is O=C(CSc1ccccc1Cl)NCC1(O)CCCC1. The highest BCUT2D eigenvalue weighted by Gasteiger charge is 2.31. The van der Waals surface area contributed by atoms with Gasteiger partial charge in [0.15, 0.2) is 0 Å². The van der Waals surface area contributed by atoms with Crippen LogP contribution in [0.4, 0.5) is 0 Å². The zero-order valence-electron chi connectivity index (χ0n) is 10.7. The van der Waals surface area contributed by atoms with E-state index < -0.39 is 5.60 Å². The maximum atomic E-state index is 11.7. The summed E-state index contributed by atoms with van der Waals surface area (Å²) in [5.41, 5.74) is -0.690. The molecule has 104 valence electrons. The molecule has 0 aromatic heterocycles. The van der Waals surface area contributed by atoms with Gasteiger partial charge in [-0.25, -0.2) is 0 Å². The molecule has 3 nitrogen and oxygen atoms in total. The van der Waals surface area contributed by atoms with Crippen LogP contribution in [0.2, 0.25) is 5.02 Å². The van der Waals surface area contributed by atoms with Crippen molar-refractivity contribution in [2.45, 2.75) is 36.2 Å². The molecule has 0 aliphatic heterocycles. The number of benzene rings is 1. The zero-order chi connectivity index (χ0) is 13.7. The summed E-state index contributed by atoms with van der Waals surface area (Å²) in [5, 5.41) is 13.6. The lowest BCUT2D eigenvalue weighted by molar-refractivity contribution is -0.119. The molecule has 0 atom stereocenters. The lowest BCUT2D eigenvalue weighted by Crippen LogP contribution is -2.41. The monoisotopic (exact) mass is 299 g/mol. The second-order valence-corrected chi connectivity index (χ2v) is 6.35. The van der Waals surface area contributed by atoms with E-state index in [1.54, 1.807) is 0 Å². The van der Waals surface area contributed by atoms with E-state index in [1.165, 1.54) is 11.8 Å². The number of rotatable bonds is 5. The van der Waals surface area contributed by atoms with E-state index in [9.17, 15) is 9.90 Å². The van der Waals surface area contributed by atoms with Gasteiger partial charge in [-0.05, 0) is 25.0 Å². The average molecular weight is 300 g/mol. The van der Waals surface area contributed by atoms with Crippen molar-refractivity contribution in [3.8, 4) is 0 Å².